The summed E-state index contributed by atoms with van der Waals surface area (Å²) in [7, 11) is 0. The van der Waals surface area contributed by atoms with E-state index in [9.17, 15) is 13.2 Å². The summed E-state index contributed by atoms with van der Waals surface area (Å²) in [6.45, 7) is 0.359. The maximum Gasteiger partial charge on any atom is 0.416 e. The van der Waals surface area contributed by atoms with Crippen molar-refractivity contribution in [2.75, 3.05) is 0 Å². The molecule has 0 N–H and O–H groups in total. The first kappa shape index (κ1) is 12.2. The molecule has 2 rings (SSSR count). The largest absolute Gasteiger partial charge is 0.416 e. The highest BCUT2D eigenvalue weighted by atomic mass is 19.4. The molecule has 0 atom stereocenters. The van der Waals surface area contributed by atoms with E-state index in [1.165, 1.54) is 0 Å². The zero-order chi connectivity index (χ0) is 13.0. The van der Waals surface area contributed by atoms with Crippen molar-refractivity contribution in [3.63, 3.8) is 0 Å². The Labute approximate surface area is 101 Å². The molecular weight excluding hydrogens is 243 g/mol. The van der Waals surface area contributed by atoms with Gasteiger partial charge < -0.3 is 4.57 Å². The summed E-state index contributed by atoms with van der Waals surface area (Å²) in [6.07, 6.45) is 1.63. The van der Waals surface area contributed by atoms with E-state index in [0.717, 1.165) is 18.3 Å². The Kier molecular flexibility index (Phi) is 3.33. The lowest BCUT2D eigenvalue weighted by Crippen LogP contribution is -2.05. The second-order valence-electron chi connectivity index (χ2n) is 3.46. The molecule has 0 saturated heterocycles. The van der Waals surface area contributed by atoms with E-state index in [1.807, 2.05) is 0 Å². The summed E-state index contributed by atoms with van der Waals surface area (Å²) in [5.41, 5.74) is -0.644. The highest BCUT2D eigenvalue weighted by Crippen LogP contribution is 2.28. The van der Waals surface area contributed by atoms with Crippen LogP contribution in [0.4, 0.5) is 13.2 Å². The van der Waals surface area contributed by atoms with E-state index in [4.69, 9.17) is 0 Å². The Bertz CT molecular complexity index is 577. The molecule has 0 bridgehead atoms. The minimum absolute atomic E-state index is 0.102. The standard InChI is InChI=1S/C12H8F3N3/c13-12(14,15)10-3-4-17-11(8-10)2-1-6-18-7-5-16-9-18/h3-5,7-9H,6H2. The molecule has 0 saturated carbocycles. The molecule has 0 aliphatic heterocycles. The van der Waals surface area contributed by atoms with Crippen molar-refractivity contribution in [1.82, 2.24) is 14.5 Å². The Morgan fingerprint density at radius 1 is 1.28 bits per heavy atom. The number of rotatable bonds is 1. The van der Waals surface area contributed by atoms with Gasteiger partial charge in [0.15, 0.2) is 0 Å². The van der Waals surface area contributed by atoms with Gasteiger partial charge in [-0.2, -0.15) is 13.2 Å². The first-order chi connectivity index (χ1) is 8.55. The third-order valence-corrected chi connectivity index (χ3v) is 2.12. The van der Waals surface area contributed by atoms with E-state index in [1.54, 1.807) is 23.3 Å². The minimum Gasteiger partial charge on any atom is -0.326 e. The summed E-state index contributed by atoms with van der Waals surface area (Å²) in [6, 6.07) is 1.85. The molecule has 0 aliphatic carbocycles. The van der Waals surface area contributed by atoms with Crippen LogP contribution in [0.25, 0.3) is 0 Å². The number of pyridine rings is 1. The highest BCUT2D eigenvalue weighted by Gasteiger charge is 2.30. The van der Waals surface area contributed by atoms with Gasteiger partial charge in [0, 0.05) is 18.6 Å². The van der Waals surface area contributed by atoms with Gasteiger partial charge in [-0.1, -0.05) is 5.92 Å². The predicted molar refractivity (Wildman–Crippen MR) is 58.3 cm³/mol. The number of alkyl halides is 3. The maximum absolute atomic E-state index is 12.4. The van der Waals surface area contributed by atoms with Crippen LogP contribution in [-0.4, -0.2) is 14.5 Å². The van der Waals surface area contributed by atoms with Gasteiger partial charge in [-0.3, -0.25) is 0 Å². The third kappa shape index (κ3) is 3.10. The Balaban J connectivity index is 2.13. The van der Waals surface area contributed by atoms with E-state index in [0.29, 0.717) is 6.54 Å². The van der Waals surface area contributed by atoms with Gasteiger partial charge in [-0.15, -0.1) is 0 Å². The van der Waals surface area contributed by atoms with Crippen LogP contribution in [0.3, 0.4) is 0 Å². The number of halogens is 3. The van der Waals surface area contributed by atoms with Gasteiger partial charge in [-0.05, 0) is 18.1 Å². The number of hydrogen-bond donors (Lipinski definition) is 0. The molecule has 3 nitrogen and oxygen atoms in total. The molecule has 6 heteroatoms. The summed E-state index contributed by atoms with van der Waals surface area (Å²) in [4.78, 5) is 7.60. The van der Waals surface area contributed by atoms with Crippen LogP contribution < -0.4 is 0 Å². The summed E-state index contributed by atoms with van der Waals surface area (Å²) in [5, 5.41) is 0. The highest BCUT2D eigenvalue weighted by molar-refractivity contribution is 5.31. The lowest BCUT2D eigenvalue weighted by atomic mass is 10.2. The zero-order valence-corrected chi connectivity index (χ0v) is 9.15. The quantitative estimate of drug-likeness (QED) is 0.728. The van der Waals surface area contributed by atoms with E-state index in [-0.39, 0.29) is 5.69 Å². The van der Waals surface area contributed by atoms with Crippen LogP contribution in [0.15, 0.2) is 37.1 Å². The molecule has 0 aromatic carbocycles. The van der Waals surface area contributed by atoms with Crippen LogP contribution >= 0.6 is 0 Å². The van der Waals surface area contributed by atoms with Crippen molar-refractivity contribution in [3.05, 3.63) is 48.3 Å². The van der Waals surface area contributed by atoms with E-state index >= 15 is 0 Å². The van der Waals surface area contributed by atoms with Crippen LogP contribution in [0, 0.1) is 11.8 Å². The van der Waals surface area contributed by atoms with Crippen LogP contribution in [0.2, 0.25) is 0 Å². The lowest BCUT2D eigenvalue weighted by molar-refractivity contribution is -0.137. The third-order valence-electron chi connectivity index (χ3n) is 2.12. The van der Waals surface area contributed by atoms with Gasteiger partial charge >= 0.3 is 6.18 Å². The number of hydrogen-bond acceptors (Lipinski definition) is 2. The van der Waals surface area contributed by atoms with Gasteiger partial charge in [0.1, 0.15) is 5.69 Å². The number of nitrogens with zero attached hydrogens (tertiary/aromatic N) is 3. The van der Waals surface area contributed by atoms with Crippen LogP contribution in [0.1, 0.15) is 11.3 Å². The Morgan fingerprint density at radius 2 is 2.11 bits per heavy atom. The molecule has 2 aromatic rings. The van der Waals surface area contributed by atoms with Gasteiger partial charge in [0.05, 0.1) is 18.4 Å². The normalized spacial score (nSPS) is 10.8. The fourth-order valence-corrected chi connectivity index (χ4v) is 1.28. The second-order valence-corrected chi connectivity index (χ2v) is 3.46. The molecule has 0 radical (unpaired) electrons. The molecule has 92 valence electrons. The molecular formula is C12H8F3N3. The van der Waals surface area contributed by atoms with Crippen molar-refractivity contribution in [2.45, 2.75) is 12.7 Å². The van der Waals surface area contributed by atoms with Gasteiger partial charge in [-0.25, -0.2) is 9.97 Å². The molecule has 0 spiro atoms. The fourth-order valence-electron chi connectivity index (χ4n) is 1.28. The number of imidazole rings is 1. The topological polar surface area (TPSA) is 30.7 Å². The van der Waals surface area contributed by atoms with Crippen LogP contribution in [-0.2, 0) is 12.7 Å². The fraction of sp³-hybridized carbons (Fsp3) is 0.167. The first-order valence-corrected chi connectivity index (χ1v) is 5.03. The van der Waals surface area contributed by atoms with Crippen LogP contribution in [0.5, 0.6) is 0 Å². The van der Waals surface area contributed by atoms with Gasteiger partial charge in [0.2, 0.25) is 0 Å². The van der Waals surface area contributed by atoms with Crippen molar-refractivity contribution in [2.24, 2.45) is 0 Å². The molecule has 2 aromatic heterocycles. The first-order valence-electron chi connectivity index (χ1n) is 5.03. The summed E-state index contributed by atoms with van der Waals surface area (Å²) >= 11 is 0. The second kappa shape index (κ2) is 4.92. The van der Waals surface area contributed by atoms with E-state index in [2.05, 4.69) is 21.8 Å². The SMILES string of the molecule is FC(F)(F)c1ccnc(C#CCn2ccnc2)c1. The van der Waals surface area contributed by atoms with Crippen molar-refractivity contribution >= 4 is 0 Å². The zero-order valence-electron chi connectivity index (χ0n) is 9.15. The smallest absolute Gasteiger partial charge is 0.326 e. The molecule has 2 heterocycles. The molecule has 0 aliphatic rings. The summed E-state index contributed by atoms with van der Waals surface area (Å²) < 4.78 is 39.0. The molecule has 0 fully saturated rings. The predicted octanol–water partition coefficient (Wildman–Crippen LogP) is 2.35. The average molecular weight is 251 g/mol. The number of aromatic nitrogens is 3. The molecule has 18 heavy (non-hydrogen) atoms. The molecule has 0 amide bonds. The van der Waals surface area contributed by atoms with E-state index < -0.39 is 11.7 Å². The van der Waals surface area contributed by atoms with Gasteiger partial charge in [0.25, 0.3) is 0 Å². The van der Waals surface area contributed by atoms with Crippen molar-refractivity contribution < 1.29 is 13.2 Å². The monoisotopic (exact) mass is 251 g/mol. The average Bonchev–Trinajstić information content (AvgIpc) is 2.81. The maximum atomic E-state index is 12.4. The Morgan fingerprint density at radius 3 is 2.78 bits per heavy atom. The summed E-state index contributed by atoms with van der Waals surface area (Å²) in [5.74, 6) is 5.31. The molecule has 0 unspecified atom stereocenters. The lowest BCUT2D eigenvalue weighted by Gasteiger charge is -2.05. The van der Waals surface area contributed by atoms with Crippen molar-refractivity contribution in [1.29, 1.82) is 0 Å². The Hall–Kier alpha value is -2.29. The minimum atomic E-state index is -4.37. The van der Waals surface area contributed by atoms with Crippen molar-refractivity contribution in [3.8, 4) is 11.8 Å².